The summed E-state index contributed by atoms with van der Waals surface area (Å²) in [5.41, 5.74) is 1.16. The first kappa shape index (κ1) is 17.3. The molecule has 0 radical (unpaired) electrons. The van der Waals surface area contributed by atoms with Crippen LogP contribution in [0.25, 0.3) is 10.8 Å². The fourth-order valence-corrected chi connectivity index (χ4v) is 3.27. The first-order valence-electron chi connectivity index (χ1n) is 8.98. The van der Waals surface area contributed by atoms with Crippen molar-refractivity contribution in [2.24, 2.45) is 7.05 Å². The van der Waals surface area contributed by atoms with Crippen LogP contribution in [0.5, 0.6) is 5.75 Å². The lowest BCUT2D eigenvalue weighted by molar-refractivity contribution is 0.0723. The molecule has 6 nitrogen and oxygen atoms in total. The third kappa shape index (κ3) is 3.30. The maximum absolute atomic E-state index is 13.4. The lowest BCUT2D eigenvalue weighted by Gasteiger charge is -2.23. The largest absolute Gasteiger partial charge is 0.497 e. The predicted octanol–water partition coefficient (Wildman–Crippen LogP) is 2.75. The normalized spacial score (nSPS) is 13.6. The highest BCUT2D eigenvalue weighted by molar-refractivity contribution is 6.05. The van der Waals surface area contributed by atoms with E-state index in [1.54, 1.807) is 32.4 Å². The summed E-state index contributed by atoms with van der Waals surface area (Å²) in [6, 6.07) is 15.1. The molecule has 1 amide bonds. The maximum atomic E-state index is 13.4. The highest BCUT2D eigenvalue weighted by atomic mass is 16.5. The molecule has 0 bridgehead atoms. The number of hydrogen-bond acceptors (Lipinski definition) is 4. The Morgan fingerprint density at radius 1 is 1.15 bits per heavy atom. The van der Waals surface area contributed by atoms with Crippen molar-refractivity contribution in [2.75, 3.05) is 7.11 Å². The van der Waals surface area contributed by atoms with E-state index >= 15 is 0 Å². The van der Waals surface area contributed by atoms with Gasteiger partial charge in [-0.05, 0) is 36.6 Å². The van der Waals surface area contributed by atoms with Crippen molar-refractivity contribution in [2.45, 2.75) is 25.4 Å². The molecule has 138 valence electrons. The summed E-state index contributed by atoms with van der Waals surface area (Å²) in [6.45, 7) is 0.506. The minimum absolute atomic E-state index is 0.139. The van der Waals surface area contributed by atoms with Crippen molar-refractivity contribution in [3.05, 3.63) is 70.1 Å². The van der Waals surface area contributed by atoms with Crippen LogP contribution in [0.4, 0.5) is 0 Å². The molecule has 0 atom stereocenters. The van der Waals surface area contributed by atoms with Gasteiger partial charge in [0.05, 0.1) is 12.5 Å². The van der Waals surface area contributed by atoms with Gasteiger partial charge in [0, 0.05) is 25.0 Å². The number of rotatable bonds is 5. The van der Waals surface area contributed by atoms with Crippen molar-refractivity contribution >= 4 is 16.7 Å². The van der Waals surface area contributed by atoms with Gasteiger partial charge in [-0.25, -0.2) is 4.68 Å². The van der Waals surface area contributed by atoms with Crippen LogP contribution in [0.15, 0.2) is 53.3 Å². The monoisotopic (exact) mass is 363 g/mol. The third-order valence-electron chi connectivity index (χ3n) is 4.92. The lowest BCUT2D eigenvalue weighted by Crippen LogP contribution is -2.35. The molecule has 0 spiro atoms. The molecule has 1 saturated carbocycles. The van der Waals surface area contributed by atoms with Crippen LogP contribution in [0, 0.1) is 0 Å². The first-order valence-corrected chi connectivity index (χ1v) is 8.98. The van der Waals surface area contributed by atoms with Crippen LogP contribution in [-0.4, -0.2) is 33.7 Å². The fraction of sp³-hybridized carbons (Fsp3) is 0.286. The number of carbonyl (C=O) groups excluding carboxylic acids is 1. The summed E-state index contributed by atoms with van der Waals surface area (Å²) >= 11 is 0. The molecule has 1 aliphatic rings. The van der Waals surface area contributed by atoms with E-state index in [4.69, 9.17) is 4.74 Å². The van der Waals surface area contributed by atoms with Crippen LogP contribution in [0.3, 0.4) is 0 Å². The zero-order chi connectivity index (χ0) is 19.0. The zero-order valence-electron chi connectivity index (χ0n) is 15.4. The Morgan fingerprint density at radius 3 is 2.44 bits per heavy atom. The molecule has 4 rings (SSSR count). The highest BCUT2D eigenvalue weighted by Crippen LogP contribution is 2.30. The number of benzene rings is 2. The van der Waals surface area contributed by atoms with Gasteiger partial charge in [-0.15, -0.1) is 0 Å². The number of hydrogen-bond donors (Lipinski definition) is 0. The second kappa shape index (κ2) is 6.87. The highest BCUT2D eigenvalue weighted by Gasteiger charge is 2.34. The Morgan fingerprint density at radius 2 is 1.81 bits per heavy atom. The van der Waals surface area contributed by atoms with E-state index in [2.05, 4.69) is 5.10 Å². The molecular weight excluding hydrogens is 342 g/mol. The van der Waals surface area contributed by atoms with Gasteiger partial charge in [-0.3, -0.25) is 9.59 Å². The van der Waals surface area contributed by atoms with E-state index in [-0.39, 0.29) is 17.5 Å². The van der Waals surface area contributed by atoms with E-state index in [9.17, 15) is 9.59 Å². The molecule has 1 heterocycles. The van der Waals surface area contributed by atoms with Crippen molar-refractivity contribution in [3.63, 3.8) is 0 Å². The average Bonchev–Trinajstić information content (AvgIpc) is 3.54. The number of aryl methyl sites for hydroxylation is 1. The first-order chi connectivity index (χ1) is 13.1. The van der Waals surface area contributed by atoms with Crippen LogP contribution < -0.4 is 10.3 Å². The zero-order valence-corrected chi connectivity index (χ0v) is 15.4. The summed E-state index contributed by atoms with van der Waals surface area (Å²) in [4.78, 5) is 27.6. The van der Waals surface area contributed by atoms with Crippen molar-refractivity contribution in [1.29, 1.82) is 0 Å². The predicted molar refractivity (Wildman–Crippen MR) is 103 cm³/mol. The van der Waals surface area contributed by atoms with Crippen molar-refractivity contribution in [1.82, 2.24) is 14.7 Å². The minimum atomic E-state index is -0.199. The average molecular weight is 363 g/mol. The number of methoxy groups -OCH3 is 1. The molecule has 0 aliphatic heterocycles. The number of carbonyl (C=O) groups is 1. The summed E-state index contributed by atoms with van der Waals surface area (Å²) in [5, 5.41) is 5.41. The molecule has 6 heteroatoms. The number of ether oxygens (including phenoxy) is 1. The summed E-state index contributed by atoms with van der Waals surface area (Å²) in [6.07, 6.45) is 1.98. The van der Waals surface area contributed by atoms with Gasteiger partial charge < -0.3 is 9.64 Å². The van der Waals surface area contributed by atoms with Crippen LogP contribution >= 0.6 is 0 Å². The molecule has 0 unspecified atom stereocenters. The third-order valence-corrected chi connectivity index (χ3v) is 4.92. The molecule has 1 fully saturated rings. The Labute approximate surface area is 157 Å². The second-order valence-electron chi connectivity index (χ2n) is 6.84. The number of nitrogens with zero attached hydrogens (tertiary/aromatic N) is 3. The quantitative estimate of drug-likeness (QED) is 0.699. The molecule has 27 heavy (non-hydrogen) atoms. The van der Waals surface area contributed by atoms with Gasteiger partial charge in [0.2, 0.25) is 0 Å². The van der Waals surface area contributed by atoms with Crippen molar-refractivity contribution in [3.8, 4) is 5.75 Å². The van der Waals surface area contributed by atoms with Crippen LogP contribution in [0.1, 0.15) is 28.9 Å². The van der Waals surface area contributed by atoms with Crippen LogP contribution in [-0.2, 0) is 13.6 Å². The second-order valence-corrected chi connectivity index (χ2v) is 6.84. The molecule has 1 aliphatic carbocycles. The number of aromatic nitrogens is 2. The molecule has 1 aromatic heterocycles. The van der Waals surface area contributed by atoms with Crippen LogP contribution in [0.2, 0.25) is 0 Å². The van der Waals surface area contributed by atoms with Gasteiger partial charge in [0.1, 0.15) is 5.75 Å². The maximum Gasteiger partial charge on any atom is 0.275 e. The van der Waals surface area contributed by atoms with E-state index in [1.807, 2.05) is 35.2 Å². The summed E-state index contributed by atoms with van der Waals surface area (Å²) in [5.74, 6) is 0.647. The molecular formula is C21H21N3O3. The Hall–Kier alpha value is -3.15. The van der Waals surface area contributed by atoms with Gasteiger partial charge in [-0.1, -0.05) is 30.3 Å². The minimum Gasteiger partial charge on any atom is -0.497 e. The number of amides is 1. The van der Waals surface area contributed by atoms with Gasteiger partial charge in [0.25, 0.3) is 11.5 Å². The van der Waals surface area contributed by atoms with Gasteiger partial charge in [-0.2, -0.15) is 5.10 Å². The van der Waals surface area contributed by atoms with Crippen molar-refractivity contribution < 1.29 is 9.53 Å². The standard InChI is InChI=1S/C21H21N3O3/c1-23-20(25)18-6-4-3-5-17(18)19(22-23)21(26)24(15-9-10-15)13-14-7-11-16(27-2)12-8-14/h3-8,11-12,15H,9-10,13H2,1-2H3. The molecule has 0 saturated heterocycles. The Balaban J connectivity index is 1.72. The molecule has 2 aromatic carbocycles. The van der Waals surface area contributed by atoms with E-state index in [1.165, 1.54) is 4.68 Å². The molecule has 3 aromatic rings. The van der Waals surface area contributed by atoms with E-state index in [0.717, 1.165) is 24.2 Å². The van der Waals surface area contributed by atoms with E-state index < -0.39 is 0 Å². The number of fused-ring (bicyclic) bond motifs is 1. The van der Waals surface area contributed by atoms with Gasteiger partial charge in [0.15, 0.2) is 5.69 Å². The van der Waals surface area contributed by atoms with E-state index in [0.29, 0.717) is 23.0 Å². The SMILES string of the molecule is COc1ccc(CN(C(=O)c2nn(C)c(=O)c3ccccc23)C2CC2)cc1. The fourth-order valence-electron chi connectivity index (χ4n) is 3.27. The summed E-state index contributed by atoms with van der Waals surface area (Å²) in [7, 11) is 3.21. The molecule has 0 N–H and O–H groups in total. The summed E-state index contributed by atoms with van der Waals surface area (Å²) < 4.78 is 6.44. The Bertz CT molecular complexity index is 1050. The smallest absolute Gasteiger partial charge is 0.275 e. The Kier molecular flexibility index (Phi) is 4.39. The van der Waals surface area contributed by atoms with Gasteiger partial charge >= 0.3 is 0 Å². The lowest BCUT2D eigenvalue weighted by atomic mass is 10.1. The topological polar surface area (TPSA) is 64.4 Å².